The summed E-state index contributed by atoms with van der Waals surface area (Å²) in [4.78, 5) is 0. The summed E-state index contributed by atoms with van der Waals surface area (Å²) >= 11 is 0. The van der Waals surface area contributed by atoms with E-state index in [1.54, 1.807) is 0 Å². The van der Waals surface area contributed by atoms with Crippen LogP contribution in [0, 0.1) is 22.7 Å². The Kier molecular flexibility index (Phi) is 6.31. The standard InChI is InChI=1S/C18H25NO/c1-5-12-18(6-2,14-19)15(3)16(4)20-13-17-10-8-7-9-11-17/h7-11,15H,4-6,12-13H2,1-3H3/t15-,18+/m0/s1. The highest BCUT2D eigenvalue weighted by Gasteiger charge is 2.36. The molecule has 1 aromatic rings. The molecule has 2 nitrogen and oxygen atoms in total. The predicted molar refractivity (Wildman–Crippen MR) is 82.8 cm³/mol. The Bertz CT molecular complexity index is 460. The number of allylic oxidation sites excluding steroid dienone is 1. The second kappa shape index (κ2) is 7.75. The average molecular weight is 271 g/mol. The molecular weight excluding hydrogens is 246 g/mol. The fourth-order valence-electron chi connectivity index (χ4n) is 2.56. The molecule has 0 saturated carbocycles. The number of nitrogens with zero attached hydrogens (tertiary/aromatic N) is 1. The van der Waals surface area contributed by atoms with E-state index < -0.39 is 0 Å². The maximum absolute atomic E-state index is 9.57. The summed E-state index contributed by atoms with van der Waals surface area (Å²) in [5, 5.41) is 9.57. The lowest BCUT2D eigenvalue weighted by Gasteiger charge is -2.32. The van der Waals surface area contributed by atoms with Gasteiger partial charge in [0.2, 0.25) is 0 Å². The zero-order valence-electron chi connectivity index (χ0n) is 12.9. The van der Waals surface area contributed by atoms with Crippen LogP contribution in [0.3, 0.4) is 0 Å². The third-order valence-corrected chi connectivity index (χ3v) is 4.13. The molecule has 0 spiro atoms. The van der Waals surface area contributed by atoms with Crippen LogP contribution < -0.4 is 0 Å². The molecule has 1 aromatic carbocycles. The molecule has 0 fully saturated rings. The van der Waals surface area contributed by atoms with E-state index in [1.807, 2.05) is 30.3 Å². The summed E-state index contributed by atoms with van der Waals surface area (Å²) < 4.78 is 5.80. The highest BCUT2D eigenvalue weighted by Crippen LogP contribution is 2.39. The van der Waals surface area contributed by atoms with E-state index in [4.69, 9.17) is 4.74 Å². The van der Waals surface area contributed by atoms with Crippen molar-refractivity contribution < 1.29 is 4.74 Å². The van der Waals surface area contributed by atoms with Crippen LogP contribution in [0.1, 0.15) is 45.6 Å². The first-order chi connectivity index (χ1) is 9.59. The van der Waals surface area contributed by atoms with Crippen LogP contribution >= 0.6 is 0 Å². The van der Waals surface area contributed by atoms with Gasteiger partial charge in [-0.05, 0) is 18.4 Å². The van der Waals surface area contributed by atoms with Crippen molar-refractivity contribution >= 4 is 0 Å². The minimum absolute atomic E-state index is 0.0427. The minimum atomic E-state index is -0.359. The molecule has 0 aliphatic carbocycles. The van der Waals surface area contributed by atoms with Gasteiger partial charge >= 0.3 is 0 Å². The second-order valence-corrected chi connectivity index (χ2v) is 5.33. The molecule has 0 heterocycles. The average Bonchev–Trinajstić information content (AvgIpc) is 2.50. The number of hydrogen-bond donors (Lipinski definition) is 0. The van der Waals surface area contributed by atoms with Gasteiger partial charge < -0.3 is 4.74 Å². The van der Waals surface area contributed by atoms with Gasteiger partial charge in [0.05, 0.1) is 17.2 Å². The zero-order valence-corrected chi connectivity index (χ0v) is 12.9. The summed E-state index contributed by atoms with van der Waals surface area (Å²) in [6, 6.07) is 12.5. The molecule has 20 heavy (non-hydrogen) atoms. The molecule has 0 aliphatic rings. The SMILES string of the molecule is C=C(OCc1ccccc1)[C@H](C)[C@](C#N)(CC)CCC. The molecule has 0 amide bonds. The number of hydrogen-bond acceptors (Lipinski definition) is 2. The Morgan fingerprint density at radius 1 is 1.35 bits per heavy atom. The molecule has 2 heteroatoms. The van der Waals surface area contributed by atoms with Crippen molar-refractivity contribution in [3.63, 3.8) is 0 Å². The molecular formula is C18H25NO. The van der Waals surface area contributed by atoms with E-state index in [1.165, 1.54) is 0 Å². The van der Waals surface area contributed by atoms with E-state index >= 15 is 0 Å². The van der Waals surface area contributed by atoms with Gasteiger partial charge in [0, 0.05) is 5.92 Å². The van der Waals surface area contributed by atoms with E-state index in [9.17, 15) is 5.26 Å². The lowest BCUT2D eigenvalue weighted by molar-refractivity contribution is 0.120. The lowest BCUT2D eigenvalue weighted by atomic mass is 9.71. The third-order valence-electron chi connectivity index (χ3n) is 4.13. The van der Waals surface area contributed by atoms with Gasteiger partial charge in [-0.25, -0.2) is 0 Å². The minimum Gasteiger partial charge on any atom is -0.494 e. The van der Waals surface area contributed by atoms with Crippen LogP contribution in [0.25, 0.3) is 0 Å². The summed E-state index contributed by atoms with van der Waals surface area (Å²) in [5.74, 6) is 0.756. The molecule has 1 rings (SSSR count). The van der Waals surface area contributed by atoms with Crippen molar-refractivity contribution in [1.29, 1.82) is 5.26 Å². The van der Waals surface area contributed by atoms with Crippen LogP contribution in [0.5, 0.6) is 0 Å². The molecule has 0 bridgehead atoms. The van der Waals surface area contributed by atoms with E-state index in [0.717, 1.165) is 24.8 Å². The quantitative estimate of drug-likeness (QED) is 0.618. The fraction of sp³-hybridized carbons (Fsp3) is 0.500. The maximum atomic E-state index is 9.57. The number of benzene rings is 1. The topological polar surface area (TPSA) is 33.0 Å². The lowest BCUT2D eigenvalue weighted by Crippen LogP contribution is -2.28. The summed E-state index contributed by atoms with van der Waals surface area (Å²) in [7, 11) is 0. The number of rotatable bonds is 8. The maximum Gasteiger partial charge on any atom is 0.113 e. The third kappa shape index (κ3) is 3.87. The molecule has 0 aromatic heterocycles. The first-order valence-electron chi connectivity index (χ1n) is 7.36. The Balaban J connectivity index is 2.68. The summed E-state index contributed by atoms with van der Waals surface area (Å²) in [6.07, 6.45) is 2.71. The highest BCUT2D eigenvalue weighted by atomic mass is 16.5. The molecule has 0 radical (unpaired) electrons. The highest BCUT2D eigenvalue weighted by molar-refractivity contribution is 5.15. The number of ether oxygens (including phenoxy) is 1. The van der Waals surface area contributed by atoms with Gasteiger partial charge in [0.25, 0.3) is 0 Å². The van der Waals surface area contributed by atoms with Crippen molar-refractivity contribution in [1.82, 2.24) is 0 Å². The van der Waals surface area contributed by atoms with Gasteiger partial charge in [-0.15, -0.1) is 0 Å². The summed E-state index contributed by atoms with van der Waals surface area (Å²) in [6.45, 7) is 10.8. The monoisotopic (exact) mass is 271 g/mol. The summed E-state index contributed by atoms with van der Waals surface area (Å²) in [5.41, 5.74) is 0.762. The van der Waals surface area contributed by atoms with Crippen molar-refractivity contribution in [2.24, 2.45) is 11.3 Å². The van der Waals surface area contributed by atoms with Gasteiger partial charge in [-0.3, -0.25) is 0 Å². The van der Waals surface area contributed by atoms with Crippen molar-refractivity contribution in [3.05, 3.63) is 48.2 Å². The Morgan fingerprint density at radius 3 is 2.50 bits per heavy atom. The second-order valence-electron chi connectivity index (χ2n) is 5.33. The van der Waals surface area contributed by atoms with Gasteiger partial charge in [0.1, 0.15) is 6.61 Å². The van der Waals surface area contributed by atoms with E-state index in [-0.39, 0.29) is 11.3 Å². The predicted octanol–water partition coefficient (Wildman–Crippen LogP) is 5.07. The van der Waals surface area contributed by atoms with E-state index in [2.05, 4.69) is 33.4 Å². The van der Waals surface area contributed by atoms with Gasteiger partial charge in [0.15, 0.2) is 0 Å². The molecule has 0 aliphatic heterocycles. The van der Waals surface area contributed by atoms with Crippen LogP contribution in [0.4, 0.5) is 0 Å². The molecule has 0 unspecified atom stereocenters. The first kappa shape index (κ1) is 16.3. The van der Waals surface area contributed by atoms with Crippen LogP contribution in [-0.2, 0) is 11.3 Å². The van der Waals surface area contributed by atoms with Gasteiger partial charge in [-0.2, -0.15) is 5.26 Å². The largest absolute Gasteiger partial charge is 0.494 e. The Labute approximate surface area is 123 Å². The fourth-order valence-corrected chi connectivity index (χ4v) is 2.56. The van der Waals surface area contributed by atoms with E-state index in [0.29, 0.717) is 12.4 Å². The molecule has 108 valence electrons. The Hall–Kier alpha value is -1.75. The van der Waals surface area contributed by atoms with Crippen molar-refractivity contribution in [2.75, 3.05) is 0 Å². The Morgan fingerprint density at radius 2 is 2.00 bits per heavy atom. The normalized spacial score (nSPS) is 14.9. The number of nitriles is 1. The van der Waals surface area contributed by atoms with Crippen molar-refractivity contribution in [2.45, 2.75) is 46.6 Å². The van der Waals surface area contributed by atoms with Gasteiger partial charge in [-0.1, -0.05) is 64.1 Å². The molecule has 2 atom stereocenters. The first-order valence-corrected chi connectivity index (χ1v) is 7.36. The van der Waals surface area contributed by atoms with Crippen LogP contribution in [0.15, 0.2) is 42.7 Å². The molecule has 0 saturated heterocycles. The van der Waals surface area contributed by atoms with Crippen LogP contribution in [-0.4, -0.2) is 0 Å². The van der Waals surface area contributed by atoms with Crippen molar-refractivity contribution in [3.8, 4) is 6.07 Å². The molecule has 0 N–H and O–H groups in total. The smallest absolute Gasteiger partial charge is 0.113 e. The zero-order chi connectivity index (χ0) is 15.0. The van der Waals surface area contributed by atoms with Crippen LogP contribution in [0.2, 0.25) is 0 Å².